The van der Waals surface area contributed by atoms with Gasteiger partial charge in [0.1, 0.15) is 23.2 Å². The Morgan fingerprint density at radius 3 is 2.75 bits per heavy atom. The molecule has 0 aliphatic carbocycles. The fraction of sp³-hybridized carbons (Fsp3) is 0.0476. The van der Waals surface area contributed by atoms with Crippen molar-refractivity contribution in [1.82, 2.24) is 24.9 Å². The Kier molecular flexibility index (Phi) is 3.90. The van der Waals surface area contributed by atoms with Crippen LogP contribution in [-0.2, 0) is 6.54 Å². The highest BCUT2D eigenvalue weighted by atomic mass is 19.1. The summed E-state index contributed by atoms with van der Waals surface area (Å²) in [6.07, 6.45) is 3.05. The van der Waals surface area contributed by atoms with Crippen molar-refractivity contribution in [3.8, 4) is 11.3 Å². The Morgan fingerprint density at radius 2 is 1.86 bits per heavy atom. The molecule has 0 aliphatic heterocycles. The number of benzene rings is 2. The van der Waals surface area contributed by atoms with Crippen LogP contribution < -0.4 is 5.32 Å². The standard InChI is InChI=1S/C21H15FN6/c22-16-8-4-7-14-9-15(17(28-18(14)16)13-5-2-1-3-6-13)10-23-20-19-21(25-11-24-19)27-12-26-20/h1-9,11-12H,10H2,(H2,23,24,25,26,27). The minimum absolute atomic E-state index is 0.329. The lowest BCUT2D eigenvalue weighted by Gasteiger charge is -2.13. The van der Waals surface area contributed by atoms with E-state index < -0.39 is 0 Å². The fourth-order valence-corrected chi connectivity index (χ4v) is 3.26. The first-order valence-electron chi connectivity index (χ1n) is 8.81. The van der Waals surface area contributed by atoms with E-state index in [-0.39, 0.29) is 5.82 Å². The molecule has 0 saturated heterocycles. The van der Waals surface area contributed by atoms with Crippen LogP contribution in [0, 0.1) is 5.82 Å². The van der Waals surface area contributed by atoms with Crippen LogP contribution in [0.2, 0.25) is 0 Å². The van der Waals surface area contributed by atoms with Crippen LogP contribution >= 0.6 is 0 Å². The zero-order valence-corrected chi connectivity index (χ0v) is 14.7. The lowest BCUT2D eigenvalue weighted by molar-refractivity contribution is 0.637. The van der Waals surface area contributed by atoms with E-state index >= 15 is 0 Å². The Bertz CT molecular complexity index is 1280. The van der Waals surface area contributed by atoms with Crippen molar-refractivity contribution in [2.24, 2.45) is 0 Å². The molecule has 3 aromatic heterocycles. The van der Waals surface area contributed by atoms with Gasteiger partial charge in [-0.25, -0.2) is 24.3 Å². The van der Waals surface area contributed by atoms with E-state index in [9.17, 15) is 4.39 Å². The van der Waals surface area contributed by atoms with Crippen LogP contribution in [0.5, 0.6) is 0 Å². The number of imidazole rings is 1. The summed E-state index contributed by atoms with van der Waals surface area (Å²) in [4.78, 5) is 20.3. The molecule has 0 saturated carbocycles. The minimum Gasteiger partial charge on any atom is -0.364 e. The summed E-state index contributed by atoms with van der Waals surface area (Å²) >= 11 is 0. The summed E-state index contributed by atoms with van der Waals surface area (Å²) in [6.45, 7) is 0.467. The van der Waals surface area contributed by atoms with Gasteiger partial charge < -0.3 is 10.3 Å². The molecule has 0 amide bonds. The number of halogens is 1. The van der Waals surface area contributed by atoms with Gasteiger partial charge in [-0.1, -0.05) is 42.5 Å². The molecule has 0 fully saturated rings. The molecule has 7 heteroatoms. The second-order valence-electron chi connectivity index (χ2n) is 6.35. The van der Waals surface area contributed by atoms with Crippen LogP contribution in [0.25, 0.3) is 33.3 Å². The first kappa shape index (κ1) is 16.3. The van der Waals surface area contributed by atoms with Crippen LogP contribution in [0.1, 0.15) is 5.56 Å². The van der Waals surface area contributed by atoms with Crippen molar-refractivity contribution in [3.63, 3.8) is 0 Å². The molecule has 5 aromatic rings. The van der Waals surface area contributed by atoms with Crippen molar-refractivity contribution in [1.29, 1.82) is 0 Å². The van der Waals surface area contributed by atoms with Gasteiger partial charge in [-0.2, -0.15) is 0 Å². The smallest absolute Gasteiger partial charge is 0.182 e. The Balaban J connectivity index is 1.60. The monoisotopic (exact) mass is 370 g/mol. The lowest BCUT2D eigenvalue weighted by Crippen LogP contribution is -2.05. The number of hydrogen-bond acceptors (Lipinski definition) is 5. The maximum Gasteiger partial charge on any atom is 0.182 e. The first-order valence-corrected chi connectivity index (χ1v) is 8.81. The number of anilines is 1. The number of nitrogens with one attached hydrogen (secondary N) is 2. The molecule has 0 bridgehead atoms. The van der Waals surface area contributed by atoms with Crippen LogP contribution in [0.4, 0.5) is 10.2 Å². The molecule has 2 N–H and O–H groups in total. The average Bonchev–Trinajstić information content (AvgIpc) is 3.22. The average molecular weight is 370 g/mol. The Labute approximate surface area is 159 Å². The predicted molar refractivity (Wildman–Crippen MR) is 106 cm³/mol. The number of rotatable bonds is 4. The fourth-order valence-electron chi connectivity index (χ4n) is 3.26. The summed E-state index contributed by atoms with van der Waals surface area (Å²) in [7, 11) is 0. The molecule has 6 nitrogen and oxygen atoms in total. The number of nitrogens with zero attached hydrogens (tertiary/aromatic N) is 4. The second kappa shape index (κ2) is 6.70. The summed E-state index contributed by atoms with van der Waals surface area (Å²) < 4.78 is 14.3. The number of fused-ring (bicyclic) bond motifs is 2. The second-order valence-corrected chi connectivity index (χ2v) is 6.35. The van der Waals surface area contributed by atoms with Gasteiger partial charge in [0, 0.05) is 17.5 Å². The van der Waals surface area contributed by atoms with Gasteiger partial charge in [0.25, 0.3) is 0 Å². The topological polar surface area (TPSA) is 79.4 Å². The van der Waals surface area contributed by atoms with Crippen molar-refractivity contribution in [3.05, 3.63) is 78.6 Å². The number of para-hydroxylation sites is 1. The maximum atomic E-state index is 14.3. The molecule has 136 valence electrons. The predicted octanol–water partition coefficient (Wildman–Crippen LogP) is 4.32. The first-order chi connectivity index (χ1) is 13.8. The molecule has 0 atom stereocenters. The summed E-state index contributed by atoms with van der Waals surface area (Å²) in [6, 6.07) is 16.7. The molecule has 0 unspecified atom stereocenters. The quantitative estimate of drug-likeness (QED) is 0.493. The zero-order valence-electron chi connectivity index (χ0n) is 14.7. The third-order valence-electron chi connectivity index (χ3n) is 4.59. The molecule has 0 spiro atoms. The minimum atomic E-state index is -0.329. The molecular formula is C21H15FN6. The largest absolute Gasteiger partial charge is 0.364 e. The van der Waals surface area contributed by atoms with Crippen molar-refractivity contribution in [2.45, 2.75) is 6.54 Å². The van der Waals surface area contributed by atoms with E-state index in [1.54, 1.807) is 12.4 Å². The van der Waals surface area contributed by atoms with Gasteiger partial charge in [-0.05, 0) is 17.7 Å². The van der Waals surface area contributed by atoms with Crippen LogP contribution in [0.3, 0.4) is 0 Å². The van der Waals surface area contributed by atoms with Crippen molar-refractivity contribution in [2.75, 3.05) is 5.32 Å². The molecule has 3 heterocycles. The number of hydrogen-bond donors (Lipinski definition) is 2. The third kappa shape index (κ3) is 2.83. The molecule has 5 rings (SSSR count). The van der Waals surface area contributed by atoms with Gasteiger partial charge in [0.05, 0.1) is 12.0 Å². The number of aromatic nitrogens is 5. The summed E-state index contributed by atoms with van der Waals surface area (Å²) in [5, 5.41) is 4.08. The maximum absolute atomic E-state index is 14.3. The van der Waals surface area contributed by atoms with E-state index in [2.05, 4.69) is 30.2 Å². The van der Waals surface area contributed by atoms with Gasteiger partial charge in [-0.3, -0.25) is 0 Å². The molecule has 0 aliphatic rings. The van der Waals surface area contributed by atoms with Gasteiger partial charge >= 0.3 is 0 Å². The van der Waals surface area contributed by atoms with Gasteiger partial charge in [0.2, 0.25) is 0 Å². The molecular weight excluding hydrogens is 355 g/mol. The molecule has 28 heavy (non-hydrogen) atoms. The lowest BCUT2D eigenvalue weighted by atomic mass is 10.0. The zero-order chi connectivity index (χ0) is 18.9. The summed E-state index contributed by atoms with van der Waals surface area (Å²) in [5.74, 6) is 0.324. The molecule has 2 aromatic carbocycles. The number of pyridine rings is 1. The SMILES string of the molecule is Fc1cccc2cc(CNc3ncnc4nc[nH]c34)c(-c3ccccc3)nc12. The highest BCUT2D eigenvalue weighted by Crippen LogP contribution is 2.28. The van der Waals surface area contributed by atoms with E-state index in [4.69, 9.17) is 0 Å². The van der Waals surface area contributed by atoms with Crippen LogP contribution in [0.15, 0.2) is 67.3 Å². The van der Waals surface area contributed by atoms with Crippen molar-refractivity contribution >= 4 is 27.9 Å². The number of aromatic amines is 1. The normalized spacial score (nSPS) is 11.2. The Morgan fingerprint density at radius 1 is 0.964 bits per heavy atom. The van der Waals surface area contributed by atoms with Gasteiger partial charge in [-0.15, -0.1) is 0 Å². The highest BCUT2D eigenvalue weighted by Gasteiger charge is 2.13. The van der Waals surface area contributed by atoms with Crippen LogP contribution in [-0.4, -0.2) is 24.9 Å². The van der Waals surface area contributed by atoms with E-state index in [0.717, 1.165) is 27.7 Å². The van der Waals surface area contributed by atoms with Crippen molar-refractivity contribution < 1.29 is 4.39 Å². The summed E-state index contributed by atoms with van der Waals surface area (Å²) in [5.41, 5.74) is 4.31. The van der Waals surface area contributed by atoms with E-state index in [1.807, 2.05) is 42.5 Å². The van der Waals surface area contributed by atoms with E-state index in [0.29, 0.717) is 23.5 Å². The highest BCUT2D eigenvalue weighted by molar-refractivity contribution is 5.85. The Hall–Kier alpha value is -3.87. The third-order valence-corrected chi connectivity index (χ3v) is 4.59. The van der Waals surface area contributed by atoms with Gasteiger partial charge in [0.15, 0.2) is 11.5 Å². The molecule has 0 radical (unpaired) electrons. The van der Waals surface area contributed by atoms with E-state index in [1.165, 1.54) is 12.4 Å². The number of H-pyrrole nitrogens is 1.